The van der Waals surface area contributed by atoms with Gasteiger partial charge in [0.1, 0.15) is 6.10 Å². The molecule has 0 aliphatic carbocycles. The fourth-order valence-electron chi connectivity index (χ4n) is 3.31. The molecule has 3 aromatic rings. The number of nitrogens with one attached hydrogen (secondary N) is 1. The molecule has 136 valence electrons. The van der Waals surface area contributed by atoms with E-state index < -0.39 is 0 Å². The van der Waals surface area contributed by atoms with Crippen molar-refractivity contribution in [1.29, 1.82) is 0 Å². The summed E-state index contributed by atoms with van der Waals surface area (Å²) in [5.74, 6) is -0.0732. The molecule has 1 saturated heterocycles. The first-order chi connectivity index (χ1) is 12.7. The molecule has 1 fully saturated rings. The molecule has 1 N–H and O–H groups in total. The van der Waals surface area contributed by atoms with E-state index in [2.05, 4.69) is 10.3 Å². The van der Waals surface area contributed by atoms with Crippen LogP contribution >= 0.6 is 11.3 Å². The van der Waals surface area contributed by atoms with Crippen molar-refractivity contribution >= 4 is 28.1 Å². The van der Waals surface area contributed by atoms with E-state index in [1.54, 1.807) is 16.8 Å². The summed E-state index contributed by atoms with van der Waals surface area (Å²) < 4.78 is 13.5. The van der Waals surface area contributed by atoms with Gasteiger partial charge in [-0.2, -0.15) is 0 Å². The lowest BCUT2D eigenvalue weighted by molar-refractivity contribution is -0.0742. The number of carbonyl (C=O) groups is 1. The molecular weight excluding hydrogens is 350 g/mol. The molecule has 3 heterocycles. The van der Waals surface area contributed by atoms with Gasteiger partial charge >= 0.3 is 0 Å². The van der Waals surface area contributed by atoms with Crippen LogP contribution in [0.2, 0.25) is 0 Å². The minimum atomic E-state index is -0.177. The Kier molecular flexibility index (Phi) is 5.01. The Morgan fingerprint density at radius 3 is 3.19 bits per heavy atom. The Labute approximate surface area is 155 Å². The average molecular weight is 371 g/mol. The normalized spacial score (nSPS) is 20.3. The molecule has 1 aliphatic heterocycles. The molecule has 1 aliphatic rings. The second kappa shape index (κ2) is 7.57. The monoisotopic (exact) mass is 371 g/mol. The lowest BCUT2D eigenvalue weighted by Gasteiger charge is -2.31. The van der Waals surface area contributed by atoms with Gasteiger partial charge in [-0.05, 0) is 12.5 Å². The number of amides is 1. The summed E-state index contributed by atoms with van der Waals surface area (Å²) in [7, 11) is 1.95. The maximum Gasteiger partial charge on any atom is 0.253 e. The van der Waals surface area contributed by atoms with Gasteiger partial charge in [-0.15, -0.1) is 11.3 Å². The van der Waals surface area contributed by atoms with Crippen LogP contribution in [-0.4, -0.2) is 40.8 Å². The highest BCUT2D eigenvalue weighted by Crippen LogP contribution is 2.21. The van der Waals surface area contributed by atoms with E-state index in [1.807, 2.05) is 47.5 Å². The summed E-state index contributed by atoms with van der Waals surface area (Å²) >= 11 is 1.54. The van der Waals surface area contributed by atoms with Gasteiger partial charge in [-0.3, -0.25) is 4.79 Å². The third-order valence-electron chi connectivity index (χ3n) is 4.69. The van der Waals surface area contributed by atoms with Crippen molar-refractivity contribution in [2.75, 3.05) is 13.2 Å². The van der Waals surface area contributed by atoms with Gasteiger partial charge in [-0.25, -0.2) is 4.98 Å². The van der Waals surface area contributed by atoms with Crippen LogP contribution in [-0.2, 0) is 23.1 Å². The molecule has 0 saturated carbocycles. The number of aryl methyl sites for hydroxylation is 1. The van der Waals surface area contributed by atoms with Crippen molar-refractivity contribution in [3.63, 3.8) is 0 Å². The predicted molar refractivity (Wildman–Crippen MR) is 100 cm³/mol. The third-order valence-corrected chi connectivity index (χ3v) is 5.33. The van der Waals surface area contributed by atoms with Gasteiger partial charge in [0.15, 0.2) is 0 Å². The van der Waals surface area contributed by atoms with Crippen molar-refractivity contribution in [3.05, 3.63) is 52.6 Å². The molecule has 2 aromatic heterocycles. The number of thiazole rings is 1. The molecule has 0 radical (unpaired) electrons. The first kappa shape index (κ1) is 17.2. The second-order valence-corrected chi connectivity index (χ2v) is 7.16. The summed E-state index contributed by atoms with van der Waals surface area (Å²) in [5.41, 5.74) is 4.42. The maximum absolute atomic E-state index is 12.9. The van der Waals surface area contributed by atoms with Crippen LogP contribution in [0.25, 0.3) is 10.9 Å². The van der Waals surface area contributed by atoms with E-state index in [4.69, 9.17) is 9.47 Å². The smallest absolute Gasteiger partial charge is 0.253 e. The van der Waals surface area contributed by atoms with E-state index in [9.17, 15) is 4.79 Å². The molecule has 1 amide bonds. The van der Waals surface area contributed by atoms with E-state index in [0.717, 1.165) is 23.0 Å². The number of ether oxygens (including phenoxy) is 2. The highest BCUT2D eigenvalue weighted by atomic mass is 32.1. The molecule has 6 nitrogen and oxygen atoms in total. The number of benzene rings is 1. The highest BCUT2D eigenvalue weighted by molar-refractivity contribution is 7.07. The minimum Gasteiger partial charge on any atom is -0.379 e. The quantitative estimate of drug-likeness (QED) is 0.749. The van der Waals surface area contributed by atoms with E-state index in [0.29, 0.717) is 25.4 Å². The lowest BCUT2D eigenvalue weighted by atomic mass is 10.0. The summed E-state index contributed by atoms with van der Waals surface area (Å²) in [6.45, 7) is 1.53. The summed E-state index contributed by atoms with van der Waals surface area (Å²) in [6.07, 6.45) is 2.44. The summed E-state index contributed by atoms with van der Waals surface area (Å²) in [6, 6.07) is 7.84. The Morgan fingerprint density at radius 1 is 1.46 bits per heavy atom. The number of nitrogens with zero attached hydrogens (tertiary/aromatic N) is 2. The zero-order valence-electron chi connectivity index (χ0n) is 14.6. The topological polar surface area (TPSA) is 65.4 Å². The largest absolute Gasteiger partial charge is 0.379 e. The van der Waals surface area contributed by atoms with Crippen LogP contribution in [0.1, 0.15) is 22.5 Å². The number of hydrogen-bond donors (Lipinski definition) is 1. The third kappa shape index (κ3) is 3.51. The first-order valence-electron chi connectivity index (χ1n) is 8.63. The molecule has 2 atom stereocenters. The van der Waals surface area contributed by atoms with Crippen molar-refractivity contribution < 1.29 is 14.3 Å². The number of para-hydroxylation sites is 1. The van der Waals surface area contributed by atoms with Gasteiger partial charge in [0, 0.05) is 36.1 Å². The highest BCUT2D eigenvalue weighted by Gasteiger charge is 2.29. The van der Waals surface area contributed by atoms with E-state index in [1.165, 1.54) is 0 Å². The molecule has 26 heavy (non-hydrogen) atoms. The fraction of sp³-hybridized carbons (Fsp3) is 0.368. The Bertz CT molecular complexity index is 891. The molecule has 0 spiro atoms. The zero-order chi connectivity index (χ0) is 17.9. The average Bonchev–Trinajstić information content (AvgIpc) is 3.29. The lowest BCUT2D eigenvalue weighted by Crippen LogP contribution is -2.49. The van der Waals surface area contributed by atoms with Crippen molar-refractivity contribution in [2.24, 2.45) is 7.05 Å². The van der Waals surface area contributed by atoms with Crippen LogP contribution < -0.4 is 5.32 Å². The second-order valence-electron chi connectivity index (χ2n) is 6.44. The van der Waals surface area contributed by atoms with Crippen molar-refractivity contribution in [2.45, 2.75) is 25.2 Å². The van der Waals surface area contributed by atoms with Gasteiger partial charge in [-0.1, -0.05) is 18.2 Å². The minimum absolute atomic E-state index is 0.0732. The molecule has 7 heteroatoms. The van der Waals surface area contributed by atoms with E-state index >= 15 is 0 Å². The molecule has 0 bridgehead atoms. The number of aromatic nitrogens is 2. The molecule has 0 unspecified atom stereocenters. The number of rotatable bonds is 5. The Hall–Kier alpha value is -2.22. The Balaban J connectivity index is 1.47. The zero-order valence-corrected chi connectivity index (χ0v) is 15.4. The number of hydrogen-bond acceptors (Lipinski definition) is 5. The van der Waals surface area contributed by atoms with Crippen LogP contribution in [0, 0.1) is 0 Å². The predicted octanol–water partition coefficient (Wildman–Crippen LogP) is 2.74. The van der Waals surface area contributed by atoms with Crippen molar-refractivity contribution in [3.8, 4) is 0 Å². The number of carbonyl (C=O) groups excluding carboxylic acids is 1. The van der Waals surface area contributed by atoms with Crippen LogP contribution in [0.4, 0.5) is 0 Å². The van der Waals surface area contributed by atoms with Gasteiger partial charge < -0.3 is 19.4 Å². The Morgan fingerprint density at radius 2 is 2.35 bits per heavy atom. The van der Waals surface area contributed by atoms with E-state index in [-0.39, 0.29) is 18.1 Å². The number of fused-ring (bicyclic) bond motifs is 1. The van der Waals surface area contributed by atoms with Crippen LogP contribution in [0.3, 0.4) is 0 Å². The van der Waals surface area contributed by atoms with Gasteiger partial charge in [0.2, 0.25) is 0 Å². The molecular formula is C19H21N3O3S. The summed E-state index contributed by atoms with van der Waals surface area (Å²) in [4.78, 5) is 17.1. The fourth-order valence-corrected chi connectivity index (χ4v) is 3.85. The molecule has 1 aromatic carbocycles. The SMILES string of the molecule is Cn1cc(C(=O)N[C@@H]2CCOC[C@H]2OCc2cscn2)c2ccccc21. The maximum atomic E-state index is 12.9. The van der Waals surface area contributed by atoms with Crippen molar-refractivity contribution in [1.82, 2.24) is 14.9 Å². The first-order valence-corrected chi connectivity index (χ1v) is 9.58. The standard InChI is InChI=1S/C19H21N3O3S/c1-22-8-15(14-4-2-3-5-17(14)22)19(23)21-16-6-7-24-10-18(16)25-9-13-11-26-12-20-13/h2-5,8,11-12,16,18H,6-7,9-10H2,1H3,(H,21,23)/t16-,18-/m1/s1. The molecule has 4 rings (SSSR count). The van der Waals surface area contributed by atoms with Crippen LogP contribution in [0.5, 0.6) is 0 Å². The van der Waals surface area contributed by atoms with Gasteiger partial charge in [0.05, 0.1) is 36.0 Å². The van der Waals surface area contributed by atoms with Gasteiger partial charge in [0.25, 0.3) is 5.91 Å². The van der Waals surface area contributed by atoms with Crippen LogP contribution in [0.15, 0.2) is 41.4 Å². The summed E-state index contributed by atoms with van der Waals surface area (Å²) in [5, 5.41) is 6.07.